The van der Waals surface area contributed by atoms with E-state index in [0.717, 1.165) is 6.54 Å². The SMILES string of the molecule is C[C@H]1CN(C(=O)c2cc(F)ccc2Br)CCN1.Cl. The number of benzene rings is 1. The van der Waals surface area contributed by atoms with Crippen LogP contribution in [0.15, 0.2) is 22.7 Å². The molecule has 6 heteroatoms. The highest BCUT2D eigenvalue weighted by molar-refractivity contribution is 9.10. The Bertz CT molecular complexity index is 444. The molecule has 1 fully saturated rings. The van der Waals surface area contributed by atoms with E-state index in [2.05, 4.69) is 21.2 Å². The summed E-state index contributed by atoms with van der Waals surface area (Å²) in [6, 6.07) is 4.45. The van der Waals surface area contributed by atoms with E-state index in [9.17, 15) is 9.18 Å². The van der Waals surface area contributed by atoms with Gasteiger partial charge >= 0.3 is 0 Å². The molecule has 0 aliphatic carbocycles. The third-order valence-electron chi connectivity index (χ3n) is 2.81. The number of rotatable bonds is 1. The summed E-state index contributed by atoms with van der Waals surface area (Å²) in [4.78, 5) is 14.0. The lowest BCUT2D eigenvalue weighted by Gasteiger charge is -2.32. The summed E-state index contributed by atoms with van der Waals surface area (Å²) in [5.41, 5.74) is 0.388. The highest BCUT2D eigenvalue weighted by Crippen LogP contribution is 2.20. The van der Waals surface area contributed by atoms with E-state index in [1.54, 1.807) is 11.0 Å². The maximum atomic E-state index is 13.1. The highest BCUT2D eigenvalue weighted by atomic mass is 79.9. The first-order valence-electron chi connectivity index (χ1n) is 5.55. The molecule has 2 rings (SSSR count). The van der Waals surface area contributed by atoms with Gasteiger partial charge in [-0.05, 0) is 41.1 Å². The molecule has 0 unspecified atom stereocenters. The normalized spacial score (nSPS) is 19.3. The molecule has 0 radical (unpaired) electrons. The molecule has 0 bridgehead atoms. The Labute approximate surface area is 120 Å². The molecule has 18 heavy (non-hydrogen) atoms. The number of nitrogens with one attached hydrogen (secondary N) is 1. The molecule has 1 atom stereocenters. The Morgan fingerprint density at radius 1 is 1.56 bits per heavy atom. The Balaban J connectivity index is 0.00000162. The summed E-state index contributed by atoms with van der Waals surface area (Å²) < 4.78 is 13.8. The van der Waals surface area contributed by atoms with E-state index in [-0.39, 0.29) is 30.2 Å². The van der Waals surface area contributed by atoms with Crippen LogP contribution in [0.25, 0.3) is 0 Å². The molecule has 100 valence electrons. The predicted octanol–water partition coefficient (Wildman–Crippen LogP) is 2.44. The van der Waals surface area contributed by atoms with Crippen molar-refractivity contribution in [1.82, 2.24) is 10.2 Å². The Morgan fingerprint density at radius 3 is 2.94 bits per heavy atom. The van der Waals surface area contributed by atoms with Gasteiger partial charge in [0, 0.05) is 30.1 Å². The van der Waals surface area contributed by atoms with Crippen molar-refractivity contribution >= 4 is 34.2 Å². The highest BCUT2D eigenvalue weighted by Gasteiger charge is 2.23. The van der Waals surface area contributed by atoms with Gasteiger partial charge in [-0.1, -0.05) is 0 Å². The van der Waals surface area contributed by atoms with Crippen molar-refractivity contribution in [2.24, 2.45) is 0 Å². The van der Waals surface area contributed by atoms with Gasteiger partial charge in [0.2, 0.25) is 0 Å². The second-order valence-corrected chi connectivity index (χ2v) is 5.08. The molecule has 1 saturated heterocycles. The first-order chi connectivity index (χ1) is 8.08. The van der Waals surface area contributed by atoms with Crippen molar-refractivity contribution in [2.45, 2.75) is 13.0 Å². The van der Waals surface area contributed by atoms with Gasteiger partial charge in [-0.15, -0.1) is 12.4 Å². The van der Waals surface area contributed by atoms with Gasteiger partial charge in [0.05, 0.1) is 5.56 Å². The molecule has 1 amide bonds. The molecule has 0 aromatic heterocycles. The summed E-state index contributed by atoms with van der Waals surface area (Å²) in [5.74, 6) is -0.510. The molecule has 0 saturated carbocycles. The number of hydrogen-bond acceptors (Lipinski definition) is 2. The van der Waals surface area contributed by atoms with Crippen molar-refractivity contribution < 1.29 is 9.18 Å². The molecule has 1 heterocycles. The van der Waals surface area contributed by atoms with Gasteiger partial charge in [-0.2, -0.15) is 0 Å². The number of hydrogen-bond donors (Lipinski definition) is 1. The average Bonchev–Trinajstić information content (AvgIpc) is 2.31. The fraction of sp³-hybridized carbons (Fsp3) is 0.417. The van der Waals surface area contributed by atoms with Crippen LogP contribution in [-0.4, -0.2) is 36.5 Å². The van der Waals surface area contributed by atoms with Crippen LogP contribution in [0.4, 0.5) is 4.39 Å². The fourth-order valence-corrected chi connectivity index (χ4v) is 2.36. The molecule has 1 aromatic carbocycles. The van der Waals surface area contributed by atoms with Crippen molar-refractivity contribution in [3.8, 4) is 0 Å². The summed E-state index contributed by atoms with van der Waals surface area (Å²) in [6.45, 7) is 4.12. The Hall–Kier alpha value is -0.650. The van der Waals surface area contributed by atoms with Gasteiger partial charge in [-0.25, -0.2) is 4.39 Å². The summed E-state index contributed by atoms with van der Waals surface area (Å²) in [7, 11) is 0. The van der Waals surface area contributed by atoms with Crippen LogP contribution in [-0.2, 0) is 0 Å². The van der Waals surface area contributed by atoms with E-state index in [1.165, 1.54) is 12.1 Å². The molecule has 1 aromatic rings. The largest absolute Gasteiger partial charge is 0.336 e. The standard InChI is InChI=1S/C12H14BrFN2O.ClH/c1-8-7-16(5-4-15-8)12(17)10-6-9(14)2-3-11(10)13;/h2-3,6,8,15H,4-5,7H2,1H3;1H/t8-;/m0./s1. The van der Waals surface area contributed by atoms with Crippen LogP contribution in [0.3, 0.4) is 0 Å². The zero-order chi connectivity index (χ0) is 12.4. The van der Waals surface area contributed by atoms with Crippen molar-refractivity contribution in [2.75, 3.05) is 19.6 Å². The van der Waals surface area contributed by atoms with Crippen molar-refractivity contribution in [3.63, 3.8) is 0 Å². The van der Waals surface area contributed by atoms with E-state index >= 15 is 0 Å². The first-order valence-corrected chi connectivity index (χ1v) is 6.35. The number of carbonyl (C=O) groups is 1. The third kappa shape index (κ3) is 3.43. The van der Waals surface area contributed by atoms with Gasteiger partial charge in [0.1, 0.15) is 5.82 Å². The van der Waals surface area contributed by atoms with Gasteiger partial charge < -0.3 is 10.2 Å². The van der Waals surface area contributed by atoms with Crippen LogP contribution in [0.1, 0.15) is 17.3 Å². The summed E-state index contributed by atoms with van der Waals surface area (Å²) >= 11 is 3.28. The Morgan fingerprint density at radius 2 is 2.28 bits per heavy atom. The van der Waals surface area contributed by atoms with Crippen LogP contribution in [0, 0.1) is 5.82 Å². The van der Waals surface area contributed by atoms with Gasteiger partial charge in [0.15, 0.2) is 0 Å². The molecule has 3 nitrogen and oxygen atoms in total. The van der Waals surface area contributed by atoms with Crippen molar-refractivity contribution in [3.05, 3.63) is 34.1 Å². The fourth-order valence-electron chi connectivity index (χ4n) is 1.95. The number of nitrogens with zero attached hydrogens (tertiary/aromatic N) is 1. The lowest BCUT2D eigenvalue weighted by molar-refractivity contribution is 0.0707. The zero-order valence-corrected chi connectivity index (χ0v) is 12.4. The number of amides is 1. The number of piperazine rings is 1. The monoisotopic (exact) mass is 336 g/mol. The predicted molar refractivity (Wildman–Crippen MR) is 74.7 cm³/mol. The average molecular weight is 338 g/mol. The van der Waals surface area contributed by atoms with Gasteiger partial charge in [0.25, 0.3) is 5.91 Å². The minimum Gasteiger partial charge on any atom is -0.336 e. The number of halogens is 3. The Kier molecular flexibility index (Phi) is 5.56. The molecule has 1 aliphatic heterocycles. The second-order valence-electron chi connectivity index (χ2n) is 4.23. The van der Waals surface area contributed by atoms with Gasteiger partial charge in [-0.3, -0.25) is 4.79 Å². The van der Waals surface area contributed by atoms with E-state index in [1.807, 2.05) is 6.92 Å². The number of carbonyl (C=O) groups excluding carboxylic acids is 1. The lowest BCUT2D eigenvalue weighted by Crippen LogP contribution is -2.51. The van der Waals surface area contributed by atoms with Crippen molar-refractivity contribution in [1.29, 1.82) is 0 Å². The van der Waals surface area contributed by atoms with Crippen LogP contribution < -0.4 is 5.32 Å². The topological polar surface area (TPSA) is 32.3 Å². The summed E-state index contributed by atoms with van der Waals surface area (Å²) in [5, 5.41) is 3.26. The summed E-state index contributed by atoms with van der Waals surface area (Å²) in [6.07, 6.45) is 0. The maximum absolute atomic E-state index is 13.1. The second kappa shape index (κ2) is 6.50. The zero-order valence-electron chi connectivity index (χ0n) is 9.95. The third-order valence-corrected chi connectivity index (χ3v) is 3.51. The van der Waals surface area contributed by atoms with E-state index in [0.29, 0.717) is 23.1 Å². The first kappa shape index (κ1) is 15.4. The maximum Gasteiger partial charge on any atom is 0.255 e. The van der Waals surface area contributed by atoms with Crippen LogP contribution in [0.5, 0.6) is 0 Å². The van der Waals surface area contributed by atoms with E-state index < -0.39 is 0 Å². The smallest absolute Gasteiger partial charge is 0.255 e. The minimum atomic E-state index is -0.389. The molecular formula is C12H15BrClFN2O. The lowest BCUT2D eigenvalue weighted by atomic mass is 10.1. The quantitative estimate of drug-likeness (QED) is 0.854. The molecule has 1 N–H and O–H groups in total. The van der Waals surface area contributed by atoms with Crippen LogP contribution in [0.2, 0.25) is 0 Å². The van der Waals surface area contributed by atoms with Crippen LogP contribution >= 0.6 is 28.3 Å². The molecular weight excluding hydrogens is 322 g/mol. The molecule has 1 aliphatic rings. The minimum absolute atomic E-state index is 0. The molecule has 0 spiro atoms. The van der Waals surface area contributed by atoms with E-state index in [4.69, 9.17) is 0 Å².